The molecule has 1 N–H and O–H groups in total. The smallest absolute Gasteiger partial charge is 0.326 e. The van der Waals surface area contributed by atoms with Crippen molar-refractivity contribution >= 4 is 32.8 Å². The number of amides is 1. The number of hydrogen-bond acceptors (Lipinski definition) is 6. The fraction of sp³-hybridized carbons (Fsp3) is 0.429. The number of carbonyl (C=O) groups excluding carboxylic acids is 1. The summed E-state index contributed by atoms with van der Waals surface area (Å²) in [5.41, 5.74) is 0.123. The van der Waals surface area contributed by atoms with Gasteiger partial charge in [0.05, 0.1) is 11.2 Å². The molecule has 0 spiro atoms. The quantitative estimate of drug-likeness (QED) is 0.535. The van der Waals surface area contributed by atoms with Gasteiger partial charge in [0.1, 0.15) is 0 Å². The zero-order valence-electron chi connectivity index (χ0n) is 18.5. The number of fused-ring (bicyclic) bond motifs is 1. The molecule has 1 aliphatic rings. The van der Waals surface area contributed by atoms with Crippen molar-refractivity contribution in [2.45, 2.75) is 37.1 Å². The van der Waals surface area contributed by atoms with Crippen molar-refractivity contribution in [1.82, 2.24) is 23.0 Å². The van der Waals surface area contributed by atoms with Gasteiger partial charge in [-0.1, -0.05) is 6.07 Å². The minimum absolute atomic E-state index is 0.161. The fourth-order valence-corrected chi connectivity index (χ4v) is 5.58. The van der Waals surface area contributed by atoms with Gasteiger partial charge in [0.25, 0.3) is 5.56 Å². The third kappa shape index (κ3) is 4.35. The molecule has 0 atom stereocenters. The van der Waals surface area contributed by atoms with Crippen LogP contribution in [-0.2, 0) is 35.5 Å². The molecule has 1 saturated heterocycles. The number of aryl methyl sites for hydroxylation is 2. The van der Waals surface area contributed by atoms with Gasteiger partial charge in [-0.3, -0.25) is 18.7 Å². The van der Waals surface area contributed by atoms with Gasteiger partial charge in [-0.2, -0.15) is 4.31 Å². The van der Waals surface area contributed by atoms with Gasteiger partial charge in [0.15, 0.2) is 11.2 Å². The molecular formula is C21H26N6O5S. The van der Waals surface area contributed by atoms with E-state index >= 15 is 0 Å². The van der Waals surface area contributed by atoms with Crippen LogP contribution in [0, 0.1) is 0 Å². The highest BCUT2D eigenvalue weighted by molar-refractivity contribution is 7.89. The Morgan fingerprint density at radius 2 is 1.85 bits per heavy atom. The maximum absolute atomic E-state index is 12.7. The highest BCUT2D eigenvalue weighted by Gasteiger charge is 2.27. The molecule has 0 saturated carbocycles. The van der Waals surface area contributed by atoms with Crippen LogP contribution in [-0.4, -0.2) is 50.4 Å². The first-order chi connectivity index (χ1) is 15.7. The van der Waals surface area contributed by atoms with Crippen LogP contribution in [0.15, 0.2) is 45.1 Å². The number of hydrogen-bond donors (Lipinski definition) is 1. The topological polar surface area (TPSA) is 128 Å². The Hall–Kier alpha value is -3.25. The zero-order chi connectivity index (χ0) is 23.8. The highest BCUT2D eigenvalue weighted by atomic mass is 32.2. The van der Waals surface area contributed by atoms with E-state index in [0.717, 1.165) is 17.4 Å². The van der Waals surface area contributed by atoms with E-state index in [4.69, 9.17) is 0 Å². The standard InChI is InChI=1S/C21H26N6O5S/c1-24-19-18(20(29)25(2)21(24)30)26(14-22-19)10-6-9-17(28)23-15-7-5-8-16(13-15)33(31,32)27-11-3-4-12-27/h5,7-8,13-14H,3-4,6,9-12H2,1-2H3,(H,23,28). The Morgan fingerprint density at radius 1 is 1.12 bits per heavy atom. The van der Waals surface area contributed by atoms with Crippen LogP contribution < -0.4 is 16.6 Å². The van der Waals surface area contributed by atoms with Crippen molar-refractivity contribution in [3.05, 3.63) is 51.4 Å². The molecule has 33 heavy (non-hydrogen) atoms. The molecule has 1 aromatic carbocycles. The summed E-state index contributed by atoms with van der Waals surface area (Å²) in [6, 6.07) is 6.26. The molecule has 0 bridgehead atoms. The maximum Gasteiger partial charge on any atom is 0.332 e. The van der Waals surface area contributed by atoms with E-state index in [0.29, 0.717) is 42.9 Å². The van der Waals surface area contributed by atoms with Gasteiger partial charge in [-0.25, -0.2) is 18.2 Å². The predicted molar refractivity (Wildman–Crippen MR) is 123 cm³/mol. The number of sulfonamides is 1. The molecule has 0 unspecified atom stereocenters. The number of nitrogens with zero attached hydrogens (tertiary/aromatic N) is 5. The van der Waals surface area contributed by atoms with Gasteiger partial charge in [-0.05, 0) is 37.5 Å². The Bertz CT molecular complexity index is 1430. The summed E-state index contributed by atoms with van der Waals surface area (Å²) in [6.45, 7) is 1.39. The van der Waals surface area contributed by atoms with E-state index < -0.39 is 21.3 Å². The lowest BCUT2D eigenvalue weighted by molar-refractivity contribution is -0.116. The molecule has 2 aromatic heterocycles. The second-order valence-corrected chi connectivity index (χ2v) is 10.0. The number of benzene rings is 1. The lowest BCUT2D eigenvalue weighted by Gasteiger charge is -2.16. The van der Waals surface area contributed by atoms with E-state index in [1.807, 2.05) is 0 Å². The molecule has 11 nitrogen and oxygen atoms in total. The molecule has 3 heterocycles. The van der Waals surface area contributed by atoms with Crippen LogP contribution in [0.25, 0.3) is 11.2 Å². The van der Waals surface area contributed by atoms with Crippen LogP contribution in [0.1, 0.15) is 25.7 Å². The second-order valence-electron chi connectivity index (χ2n) is 8.11. The van der Waals surface area contributed by atoms with Crippen molar-refractivity contribution < 1.29 is 13.2 Å². The Balaban J connectivity index is 1.41. The summed E-state index contributed by atoms with van der Waals surface area (Å²) in [4.78, 5) is 41.3. The number of anilines is 1. The van der Waals surface area contributed by atoms with Crippen LogP contribution in [0.2, 0.25) is 0 Å². The first kappa shape index (κ1) is 22.9. The summed E-state index contributed by atoms with van der Waals surface area (Å²) in [6.07, 6.45) is 3.77. The number of rotatable bonds is 7. The molecule has 1 aliphatic heterocycles. The lowest BCUT2D eigenvalue weighted by atomic mass is 10.2. The van der Waals surface area contributed by atoms with Crippen LogP contribution in [0.4, 0.5) is 5.69 Å². The molecule has 0 radical (unpaired) electrons. The Kier molecular flexibility index (Phi) is 6.21. The number of carbonyl (C=O) groups is 1. The van der Waals surface area contributed by atoms with Gasteiger partial charge < -0.3 is 9.88 Å². The molecule has 1 amide bonds. The van der Waals surface area contributed by atoms with E-state index in [9.17, 15) is 22.8 Å². The van der Waals surface area contributed by atoms with Crippen LogP contribution >= 0.6 is 0 Å². The average molecular weight is 475 g/mol. The molecule has 176 valence electrons. The summed E-state index contributed by atoms with van der Waals surface area (Å²) in [5.74, 6) is -0.268. The third-order valence-electron chi connectivity index (χ3n) is 5.84. The minimum Gasteiger partial charge on any atom is -0.326 e. The van der Waals surface area contributed by atoms with E-state index in [2.05, 4.69) is 10.3 Å². The third-order valence-corrected chi connectivity index (χ3v) is 7.74. The number of imidazole rings is 1. The van der Waals surface area contributed by atoms with Crippen molar-refractivity contribution in [3.8, 4) is 0 Å². The number of aromatic nitrogens is 4. The Morgan fingerprint density at radius 3 is 2.58 bits per heavy atom. The largest absolute Gasteiger partial charge is 0.332 e. The lowest BCUT2D eigenvalue weighted by Crippen LogP contribution is -2.37. The monoisotopic (exact) mass is 474 g/mol. The van der Waals surface area contributed by atoms with Crippen LogP contribution in [0.5, 0.6) is 0 Å². The van der Waals surface area contributed by atoms with Gasteiger partial charge in [0, 0.05) is 45.8 Å². The summed E-state index contributed by atoms with van der Waals surface area (Å²) in [5, 5.41) is 2.74. The predicted octanol–water partition coefficient (Wildman–Crippen LogP) is 0.637. The van der Waals surface area contributed by atoms with E-state index in [-0.39, 0.29) is 17.2 Å². The summed E-state index contributed by atoms with van der Waals surface area (Å²) in [7, 11) is -0.604. The maximum atomic E-state index is 12.7. The van der Waals surface area contributed by atoms with Crippen molar-refractivity contribution in [3.63, 3.8) is 0 Å². The molecule has 1 fully saturated rings. The SMILES string of the molecule is Cn1c(=O)c2c(ncn2CCCC(=O)Nc2cccc(S(=O)(=O)N3CCCC3)c2)n(C)c1=O. The molecule has 0 aliphatic carbocycles. The molecule has 3 aromatic rings. The first-order valence-electron chi connectivity index (χ1n) is 10.7. The average Bonchev–Trinajstić information content (AvgIpc) is 3.47. The van der Waals surface area contributed by atoms with Gasteiger partial charge >= 0.3 is 5.69 Å². The summed E-state index contributed by atoms with van der Waals surface area (Å²) < 4.78 is 30.9. The van der Waals surface area contributed by atoms with E-state index in [1.54, 1.807) is 23.7 Å². The highest BCUT2D eigenvalue weighted by Crippen LogP contribution is 2.23. The Labute approximate surface area is 190 Å². The molecular weight excluding hydrogens is 448 g/mol. The summed E-state index contributed by atoms with van der Waals surface area (Å²) >= 11 is 0. The van der Waals surface area contributed by atoms with Crippen molar-refractivity contribution in [2.75, 3.05) is 18.4 Å². The molecule has 4 rings (SSSR count). The van der Waals surface area contributed by atoms with Crippen molar-refractivity contribution in [2.24, 2.45) is 14.1 Å². The second kappa shape index (κ2) is 8.94. The zero-order valence-corrected chi connectivity index (χ0v) is 19.3. The van der Waals surface area contributed by atoms with Gasteiger partial charge in [-0.15, -0.1) is 0 Å². The normalized spacial score (nSPS) is 14.7. The van der Waals surface area contributed by atoms with Gasteiger partial charge in [0.2, 0.25) is 15.9 Å². The molecule has 12 heteroatoms. The fourth-order valence-electron chi connectivity index (χ4n) is 4.01. The number of nitrogens with one attached hydrogen (secondary N) is 1. The minimum atomic E-state index is -3.56. The van der Waals surface area contributed by atoms with E-state index in [1.165, 1.54) is 34.4 Å². The van der Waals surface area contributed by atoms with Crippen LogP contribution in [0.3, 0.4) is 0 Å². The first-order valence-corrected chi connectivity index (χ1v) is 12.1. The van der Waals surface area contributed by atoms with Crippen molar-refractivity contribution in [1.29, 1.82) is 0 Å².